The second kappa shape index (κ2) is 8.79. The predicted octanol–water partition coefficient (Wildman–Crippen LogP) is 2.30. The summed E-state index contributed by atoms with van der Waals surface area (Å²) in [5, 5.41) is 9.35. The number of hydrogen-bond acceptors (Lipinski definition) is 6. The summed E-state index contributed by atoms with van der Waals surface area (Å²) >= 11 is 0. The molecule has 0 unspecified atom stereocenters. The van der Waals surface area contributed by atoms with Crippen molar-refractivity contribution in [1.82, 2.24) is 4.90 Å². The Morgan fingerprint density at radius 1 is 1.03 bits per heavy atom. The number of nitrogens with zero attached hydrogens (tertiary/aromatic N) is 2. The van der Waals surface area contributed by atoms with E-state index in [9.17, 15) is 14.7 Å². The van der Waals surface area contributed by atoms with E-state index >= 15 is 0 Å². The number of rotatable bonds is 8. The second-order valence-corrected chi connectivity index (χ2v) is 6.47. The topological polar surface area (TPSA) is 79.3 Å². The van der Waals surface area contributed by atoms with Crippen LogP contribution in [0.3, 0.4) is 0 Å². The summed E-state index contributed by atoms with van der Waals surface area (Å²) < 4.78 is 10.7. The summed E-state index contributed by atoms with van der Waals surface area (Å²) in [6.07, 6.45) is 0. The van der Waals surface area contributed by atoms with E-state index in [0.717, 1.165) is 4.90 Å². The molecule has 152 valence electrons. The van der Waals surface area contributed by atoms with Crippen LogP contribution in [0.5, 0.6) is 11.5 Å². The van der Waals surface area contributed by atoms with Crippen molar-refractivity contribution in [1.29, 1.82) is 0 Å². The summed E-state index contributed by atoms with van der Waals surface area (Å²) in [6.45, 7) is 2.42. The number of ether oxygens (including phenoxy) is 2. The molecule has 0 atom stereocenters. The van der Waals surface area contributed by atoms with Gasteiger partial charge in [0.2, 0.25) is 0 Å². The molecule has 29 heavy (non-hydrogen) atoms. The molecule has 2 aromatic carbocycles. The van der Waals surface area contributed by atoms with Gasteiger partial charge in [0.1, 0.15) is 17.2 Å². The monoisotopic (exact) mass is 396 g/mol. The lowest BCUT2D eigenvalue weighted by Gasteiger charge is -2.20. The fourth-order valence-corrected chi connectivity index (χ4v) is 3.27. The van der Waals surface area contributed by atoms with Crippen molar-refractivity contribution < 1.29 is 24.2 Å². The molecule has 0 saturated carbocycles. The number of likely N-dealkylation sites (N-methyl/N-ethyl adjacent to an activating group) is 1. The van der Waals surface area contributed by atoms with Crippen molar-refractivity contribution >= 4 is 23.1 Å². The molecule has 7 nitrogen and oxygen atoms in total. The molecular formula is C22H24N2O5. The lowest BCUT2D eigenvalue weighted by Crippen LogP contribution is -2.34. The number of hydrogen-bond donors (Lipinski definition) is 1. The molecular weight excluding hydrogens is 372 g/mol. The third-order valence-electron chi connectivity index (χ3n) is 4.64. The highest BCUT2D eigenvalue weighted by Crippen LogP contribution is 2.35. The Labute approximate surface area is 169 Å². The van der Waals surface area contributed by atoms with Crippen LogP contribution >= 0.6 is 0 Å². The van der Waals surface area contributed by atoms with Gasteiger partial charge in [-0.3, -0.25) is 9.59 Å². The Hall–Kier alpha value is -3.32. The predicted molar refractivity (Wildman–Crippen MR) is 110 cm³/mol. The van der Waals surface area contributed by atoms with Gasteiger partial charge in [0, 0.05) is 19.7 Å². The molecule has 3 rings (SSSR count). The number of benzene rings is 2. The first kappa shape index (κ1) is 20.4. The van der Waals surface area contributed by atoms with Crippen molar-refractivity contribution in [2.24, 2.45) is 0 Å². The summed E-state index contributed by atoms with van der Waals surface area (Å²) in [7, 11) is 3.24. The highest BCUT2D eigenvalue weighted by molar-refractivity contribution is 6.45. The van der Waals surface area contributed by atoms with Gasteiger partial charge in [-0.2, -0.15) is 0 Å². The minimum absolute atomic E-state index is 0.142. The van der Waals surface area contributed by atoms with Crippen molar-refractivity contribution in [2.45, 2.75) is 6.92 Å². The number of carbonyl (C=O) groups is 2. The first-order valence-corrected chi connectivity index (χ1v) is 9.34. The summed E-state index contributed by atoms with van der Waals surface area (Å²) in [6, 6.07) is 13.8. The summed E-state index contributed by atoms with van der Waals surface area (Å²) in [5.74, 6) is 0.366. The van der Waals surface area contributed by atoms with Crippen LogP contribution in [-0.2, 0) is 9.59 Å². The third-order valence-corrected chi connectivity index (χ3v) is 4.64. The normalized spacial score (nSPS) is 13.9. The number of carbonyl (C=O) groups excluding carboxylic acids is 2. The molecule has 0 bridgehead atoms. The average Bonchev–Trinajstić information content (AvgIpc) is 2.99. The van der Waals surface area contributed by atoms with E-state index in [1.54, 1.807) is 67.6 Å². The highest BCUT2D eigenvalue weighted by atomic mass is 16.5. The van der Waals surface area contributed by atoms with E-state index in [2.05, 4.69) is 0 Å². The number of amides is 2. The Kier molecular flexibility index (Phi) is 6.19. The zero-order valence-corrected chi connectivity index (χ0v) is 16.7. The maximum Gasteiger partial charge on any atom is 0.282 e. The fourth-order valence-electron chi connectivity index (χ4n) is 3.27. The maximum atomic E-state index is 13.3. The summed E-state index contributed by atoms with van der Waals surface area (Å²) in [4.78, 5) is 29.4. The van der Waals surface area contributed by atoms with Crippen molar-refractivity contribution in [3.8, 4) is 11.5 Å². The Morgan fingerprint density at radius 2 is 1.76 bits per heavy atom. The average molecular weight is 396 g/mol. The van der Waals surface area contributed by atoms with Crippen LogP contribution in [0.15, 0.2) is 54.2 Å². The molecule has 1 aliphatic heterocycles. The molecule has 0 fully saturated rings. The molecule has 0 spiro atoms. The van der Waals surface area contributed by atoms with Gasteiger partial charge in [-0.1, -0.05) is 18.2 Å². The molecule has 7 heteroatoms. The molecule has 1 N–H and O–H groups in total. The van der Waals surface area contributed by atoms with Crippen LogP contribution in [0.2, 0.25) is 0 Å². The number of methoxy groups -OCH3 is 1. The quantitative estimate of drug-likeness (QED) is 0.690. The van der Waals surface area contributed by atoms with Crippen LogP contribution < -0.4 is 14.4 Å². The molecule has 1 aliphatic rings. The van der Waals surface area contributed by atoms with E-state index in [4.69, 9.17) is 9.47 Å². The van der Waals surface area contributed by atoms with Gasteiger partial charge in [0.15, 0.2) is 0 Å². The van der Waals surface area contributed by atoms with Crippen molar-refractivity contribution in [2.75, 3.05) is 38.8 Å². The Balaban J connectivity index is 2.08. The largest absolute Gasteiger partial charge is 0.497 e. The molecule has 0 aromatic heterocycles. The maximum absolute atomic E-state index is 13.3. The lowest BCUT2D eigenvalue weighted by molar-refractivity contribution is -0.120. The van der Waals surface area contributed by atoms with Gasteiger partial charge in [0.05, 0.1) is 31.6 Å². The van der Waals surface area contributed by atoms with Crippen LogP contribution in [0.4, 0.5) is 5.69 Å². The standard InChI is InChI=1S/C22H24N2O5/c1-4-29-18-7-5-6-16(14-18)24-21(26)19(15-8-10-17(28-3)11-9-15)20(22(24)27)23(2)12-13-25/h5-11,14,25H,4,12-13H2,1-3H3. The van der Waals surface area contributed by atoms with E-state index < -0.39 is 11.8 Å². The Morgan fingerprint density at radius 3 is 2.38 bits per heavy atom. The van der Waals surface area contributed by atoms with E-state index in [0.29, 0.717) is 29.4 Å². The van der Waals surface area contributed by atoms with Gasteiger partial charge in [-0.25, -0.2) is 4.90 Å². The number of aliphatic hydroxyl groups is 1. The summed E-state index contributed by atoms with van der Waals surface area (Å²) in [5.41, 5.74) is 1.57. The van der Waals surface area contributed by atoms with Crippen LogP contribution in [-0.4, -0.2) is 55.7 Å². The van der Waals surface area contributed by atoms with E-state index in [1.165, 1.54) is 0 Å². The second-order valence-electron chi connectivity index (χ2n) is 6.47. The van der Waals surface area contributed by atoms with Crippen LogP contribution in [0.1, 0.15) is 12.5 Å². The van der Waals surface area contributed by atoms with Gasteiger partial charge < -0.3 is 19.5 Å². The first-order valence-electron chi connectivity index (χ1n) is 9.34. The molecule has 2 amide bonds. The highest BCUT2D eigenvalue weighted by Gasteiger charge is 2.41. The zero-order chi connectivity index (χ0) is 21.0. The van der Waals surface area contributed by atoms with Crippen molar-refractivity contribution in [3.05, 3.63) is 59.8 Å². The van der Waals surface area contributed by atoms with Gasteiger partial charge >= 0.3 is 0 Å². The fraction of sp³-hybridized carbons (Fsp3) is 0.273. The van der Waals surface area contributed by atoms with Crippen molar-refractivity contribution in [3.63, 3.8) is 0 Å². The van der Waals surface area contributed by atoms with E-state index in [-0.39, 0.29) is 24.4 Å². The smallest absolute Gasteiger partial charge is 0.282 e. The zero-order valence-electron chi connectivity index (χ0n) is 16.7. The SMILES string of the molecule is CCOc1cccc(N2C(=O)C(c3ccc(OC)cc3)=C(N(C)CCO)C2=O)c1. The minimum Gasteiger partial charge on any atom is -0.497 e. The minimum atomic E-state index is -0.439. The first-order chi connectivity index (χ1) is 14.0. The third kappa shape index (κ3) is 3.95. The molecule has 2 aromatic rings. The molecule has 0 aliphatic carbocycles. The van der Waals surface area contributed by atoms with Gasteiger partial charge in [-0.05, 0) is 36.8 Å². The van der Waals surface area contributed by atoms with Gasteiger partial charge in [-0.15, -0.1) is 0 Å². The Bertz CT molecular complexity index is 936. The number of aliphatic hydroxyl groups excluding tert-OH is 1. The molecule has 0 saturated heterocycles. The van der Waals surface area contributed by atoms with Crippen LogP contribution in [0, 0.1) is 0 Å². The van der Waals surface area contributed by atoms with Gasteiger partial charge in [0.25, 0.3) is 11.8 Å². The van der Waals surface area contributed by atoms with E-state index in [1.807, 2.05) is 6.92 Å². The number of anilines is 1. The van der Waals surface area contributed by atoms with Crippen LogP contribution in [0.25, 0.3) is 5.57 Å². The molecule has 1 heterocycles. The molecule has 0 radical (unpaired) electrons. The lowest BCUT2D eigenvalue weighted by atomic mass is 10.0. The number of imide groups is 1.